The molecule has 96 valence electrons. The lowest BCUT2D eigenvalue weighted by molar-refractivity contribution is 0.584. The first-order valence-corrected chi connectivity index (χ1v) is 5.95. The van der Waals surface area contributed by atoms with E-state index < -0.39 is 11.7 Å². The lowest BCUT2D eigenvalue weighted by atomic mass is 10.2. The van der Waals surface area contributed by atoms with Gasteiger partial charge in [-0.1, -0.05) is 48.2 Å². The maximum Gasteiger partial charge on any atom is 0.217 e. The van der Waals surface area contributed by atoms with Crippen LogP contribution in [0.15, 0.2) is 72.3 Å². The van der Waals surface area contributed by atoms with Crippen molar-refractivity contribution in [1.29, 1.82) is 0 Å². The average molecular weight is 264 g/mol. The van der Waals surface area contributed by atoms with Gasteiger partial charge in [-0.3, -0.25) is 0 Å². The van der Waals surface area contributed by atoms with Crippen LogP contribution in [0.3, 0.4) is 0 Å². The third-order valence-corrected chi connectivity index (χ3v) is 2.37. The second-order valence-corrected chi connectivity index (χ2v) is 3.86. The van der Waals surface area contributed by atoms with Gasteiger partial charge in [0.25, 0.3) is 0 Å². The third-order valence-electron chi connectivity index (χ3n) is 2.37. The Hall–Kier alpha value is -2.84. The van der Waals surface area contributed by atoms with Gasteiger partial charge in [-0.25, -0.2) is 0 Å². The van der Waals surface area contributed by atoms with Gasteiger partial charge in [-0.2, -0.15) is 8.78 Å². The molecule has 2 heteroatoms. The zero-order chi connectivity index (χ0) is 14.2. The summed E-state index contributed by atoms with van der Waals surface area (Å²) >= 11 is 0. The summed E-state index contributed by atoms with van der Waals surface area (Å²) in [5, 5.41) is 0. The molecule has 0 radical (unpaired) electrons. The Labute approximate surface area is 116 Å². The van der Waals surface area contributed by atoms with Crippen molar-refractivity contribution in [2.75, 3.05) is 0 Å². The van der Waals surface area contributed by atoms with Gasteiger partial charge in [0.1, 0.15) is 0 Å². The first-order chi connectivity index (χ1) is 9.75. The van der Waals surface area contributed by atoms with Crippen LogP contribution in [-0.2, 0) is 0 Å². The molecule has 0 saturated heterocycles. The smallest absolute Gasteiger partial charge is 0.193 e. The summed E-state index contributed by atoms with van der Waals surface area (Å²) in [6.07, 6.45) is 0. The second-order valence-electron chi connectivity index (χ2n) is 3.86. The monoisotopic (exact) mass is 264 g/mol. The topological polar surface area (TPSA) is 0 Å². The van der Waals surface area contributed by atoms with Crippen LogP contribution in [-0.4, -0.2) is 0 Å². The fourth-order valence-corrected chi connectivity index (χ4v) is 1.41. The van der Waals surface area contributed by atoms with Crippen LogP contribution in [0, 0.1) is 23.7 Å². The van der Waals surface area contributed by atoms with Crippen LogP contribution in [0.4, 0.5) is 8.78 Å². The molecule has 2 rings (SSSR count). The second kappa shape index (κ2) is 6.92. The molecule has 0 amide bonds. The molecule has 0 saturated carbocycles. The number of allylic oxidation sites excluding steroid dienone is 2. The molecule has 0 aliphatic carbocycles. The van der Waals surface area contributed by atoms with Gasteiger partial charge in [0.15, 0.2) is 0 Å². The minimum absolute atomic E-state index is 0.617. The summed E-state index contributed by atoms with van der Waals surface area (Å²) in [5.74, 6) is 7.00. The van der Waals surface area contributed by atoms with E-state index in [-0.39, 0.29) is 0 Å². The molecule has 0 fully saturated rings. The molecule has 0 aliphatic heterocycles. The molecule has 2 aromatic carbocycles. The minimum atomic E-state index is -1.16. The Morgan fingerprint density at radius 3 is 1.30 bits per heavy atom. The van der Waals surface area contributed by atoms with Gasteiger partial charge < -0.3 is 0 Å². The zero-order valence-electron chi connectivity index (χ0n) is 10.5. The van der Waals surface area contributed by atoms with Crippen LogP contribution in [0.25, 0.3) is 0 Å². The highest BCUT2D eigenvalue weighted by atomic mass is 19.2. The Bertz CT molecular complexity index is 655. The van der Waals surface area contributed by atoms with Crippen LogP contribution >= 0.6 is 0 Å². The molecule has 0 bridgehead atoms. The van der Waals surface area contributed by atoms with Crippen molar-refractivity contribution in [3.63, 3.8) is 0 Å². The molecule has 0 unspecified atom stereocenters. The van der Waals surface area contributed by atoms with E-state index in [1.807, 2.05) is 12.1 Å². The Morgan fingerprint density at radius 1 is 0.600 bits per heavy atom. The summed E-state index contributed by atoms with van der Waals surface area (Å²) in [4.78, 5) is 0. The number of halogens is 2. The van der Waals surface area contributed by atoms with Gasteiger partial charge in [0.05, 0.1) is 0 Å². The normalized spacial score (nSPS) is 10.5. The maximum atomic E-state index is 13.4. The van der Waals surface area contributed by atoms with Crippen molar-refractivity contribution < 1.29 is 8.78 Å². The highest BCUT2D eigenvalue weighted by Crippen LogP contribution is 2.07. The van der Waals surface area contributed by atoms with Crippen molar-refractivity contribution in [1.82, 2.24) is 0 Å². The number of benzene rings is 2. The van der Waals surface area contributed by atoms with E-state index in [0.717, 1.165) is 0 Å². The van der Waals surface area contributed by atoms with E-state index in [1.54, 1.807) is 48.5 Å². The van der Waals surface area contributed by atoms with Gasteiger partial charge in [0.2, 0.25) is 11.7 Å². The molecular formula is C18H10F2. The van der Waals surface area contributed by atoms with Crippen molar-refractivity contribution in [2.24, 2.45) is 0 Å². The van der Waals surface area contributed by atoms with Gasteiger partial charge in [0, 0.05) is 11.1 Å². The van der Waals surface area contributed by atoms with Gasteiger partial charge in [-0.15, -0.1) is 0 Å². The zero-order valence-corrected chi connectivity index (χ0v) is 10.5. The fraction of sp³-hybridized carbons (Fsp3) is 0. The molecule has 0 spiro atoms. The predicted octanol–water partition coefficient (Wildman–Crippen LogP) is 4.24. The lowest BCUT2D eigenvalue weighted by Crippen LogP contribution is -1.77. The number of rotatable bonds is 0. The summed E-state index contributed by atoms with van der Waals surface area (Å²) in [5.41, 5.74) is 1.23. The Morgan fingerprint density at radius 2 is 0.950 bits per heavy atom. The summed E-state index contributed by atoms with van der Waals surface area (Å²) in [7, 11) is 0. The molecular weight excluding hydrogens is 254 g/mol. The van der Waals surface area contributed by atoms with E-state index in [0.29, 0.717) is 11.1 Å². The molecule has 0 aromatic heterocycles. The number of hydrogen-bond donors (Lipinski definition) is 0. The van der Waals surface area contributed by atoms with Crippen LogP contribution < -0.4 is 0 Å². The van der Waals surface area contributed by atoms with Gasteiger partial charge in [-0.05, 0) is 36.1 Å². The fourth-order valence-electron chi connectivity index (χ4n) is 1.41. The van der Waals surface area contributed by atoms with E-state index >= 15 is 0 Å². The van der Waals surface area contributed by atoms with Crippen LogP contribution in [0.5, 0.6) is 0 Å². The van der Waals surface area contributed by atoms with Crippen LogP contribution in [0.2, 0.25) is 0 Å². The molecule has 0 N–H and O–H groups in total. The van der Waals surface area contributed by atoms with Crippen molar-refractivity contribution in [3.05, 3.63) is 83.4 Å². The Kier molecular flexibility index (Phi) is 4.70. The highest BCUT2D eigenvalue weighted by molar-refractivity contribution is 5.44. The standard InChI is InChI=1S/C18H10F2/c19-17(13-11-15-7-3-1-4-8-15)18(20)14-12-16-9-5-2-6-10-16/h1-10H/b18-17+. The van der Waals surface area contributed by atoms with Crippen molar-refractivity contribution in [2.45, 2.75) is 0 Å². The quantitative estimate of drug-likeness (QED) is 0.624. The molecule has 0 nitrogen and oxygen atoms in total. The van der Waals surface area contributed by atoms with E-state index in [9.17, 15) is 8.78 Å². The average Bonchev–Trinajstić information content (AvgIpc) is 2.52. The van der Waals surface area contributed by atoms with Gasteiger partial charge >= 0.3 is 0 Å². The molecule has 0 atom stereocenters. The predicted molar refractivity (Wildman–Crippen MR) is 75.9 cm³/mol. The van der Waals surface area contributed by atoms with E-state index in [1.165, 1.54) is 0 Å². The third kappa shape index (κ3) is 4.12. The first kappa shape index (κ1) is 13.6. The largest absolute Gasteiger partial charge is 0.217 e. The summed E-state index contributed by atoms with van der Waals surface area (Å²) < 4.78 is 26.8. The maximum absolute atomic E-state index is 13.4. The molecule has 2 aromatic rings. The highest BCUT2D eigenvalue weighted by Gasteiger charge is 1.98. The summed E-state index contributed by atoms with van der Waals surface area (Å²) in [6.45, 7) is 0. The SMILES string of the molecule is F/C(C#Cc1ccccc1)=C(/F)C#Cc1ccccc1. The Balaban J connectivity index is 2.17. The first-order valence-electron chi connectivity index (χ1n) is 5.95. The lowest BCUT2D eigenvalue weighted by Gasteiger charge is -1.87. The molecule has 0 heterocycles. The summed E-state index contributed by atoms with van der Waals surface area (Å²) in [6, 6.07) is 17.6. The molecule has 20 heavy (non-hydrogen) atoms. The molecule has 0 aliphatic rings. The van der Waals surface area contributed by atoms with Crippen molar-refractivity contribution >= 4 is 0 Å². The minimum Gasteiger partial charge on any atom is -0.193 e. The van der Waals surface area contributed by atoms with Crippen molar-refractivity contribution in [3.8, 4) is 23.7 Å². The van der Waals surface area contributed by atoms with E-state index in [2.05, 4.69) is 23.7 Å². The number of hydrogen-bond acceptors (Lipinski definition) is 0. The van der Waals surface area contributed by atoms with Crippen LogP contribution in [0.1, 0.15) is 11.1 Å². The van der Waals surface area contributed by atoms with E-state index in [4.69, 9.17) is 0 Å².